The lowest BCUT2D eigenvalue weighted by Crippen LogP contribution is -2.69. The number of carbonyl (C=O) groups is 4. The van der Waals surface area contributed by atoms with Crippen LogP contribution in [0.5, 0.6) is 0 Å². The molecule has 1 aromatic carbocycles. The second kappa shape index (κ2) is 13.9. The number of aliphatic hydroxyl groups excluding tert-OH is 2. The molecule has 0 aromatic heterocycles. The third-order valence-corrected chi connectivity index (χ3v) is 15.4. The number of hydrogen-bond acceptors (Lipinski definition) is 9. The van der Waals surface area contributed by atoms with Crippen molar-refractivity contribution in [2.24, 2.45) is 73.6 Å². The molecule has 2 saturated carbocycles. The molecule has 0 unspecified atom stereocenters. The van der Waals surface area contributed by atoms with Gasteiger partial charge in [0, 0.05) is 53.0 Å². The minimum atomic E-state index is -1.87. The zero-order valence-corrected chi connectivity index (χ0v) is 33.5. The number of ketones is 3. The van der Waals surface area contributed by atoms with Gasteiger partial charge in [-0.2, -0.15) is 0 Å². The number of benzene rings is 1. The molecule has 0 saturated heterocycles. The topological polar surface area (TPSA) is 234 Å². The Morgan fingerprint density at radius 1 is 1.00 bits per heavy atom. The van der Waals surface area contributed by atoms with Crippen LogP contribution < -0.4 is 11.5 Å². The summed E-state index contributed by atoms with van der Waals surface area (Å²) >= 11 is 0. The second-order valence-corrected chi connectivity index (χ2v) is 18.7. The highest BCUT2D eigenvalue weighted by Crippen LogP contribution is 2.78. The summed E-state index contributed by atoms with van der Waals surface area (Å²) in [5.74, 6) is -8.08. The number of rotatable bonds is 12. The molecular weight excluding hydrogens is 714 g/mol. The molecule has 12 heteroatoms. The molecule has 0 heterocycles. The van der Waals surface area contributed by atoms with Crippen molar-refractivity contribution in [2.75, 3.05) is 6.54 Å². The first-order valence-corrected chi connectivity index (χ1v) is 19.8. The number of carboxylic acid groups (broad SMARTS) is 1. The molecule has 6 rings (SSSR count). The normalized spacial score (nSPS) is 38.3. The summed E-state index contributed by atoms with van der Waals surface area (Å²) in [6.07, 6.45) is 4.48. The molecule has 2 fully saturated rings. The summed E-state index contributed by atoms with van der Waals surface area (Å²) < 4.78 is 0. The van der Waals surface area contributed by atoms with Gasteiger partial charge in [-0.25, -0.2) is 0 Å². The van der Waals surface area contributed by atoms with Crippen LogP contribution in [0.1, 0.15) is 86.1 Å². The van der Waals surface area contributed by atoms with Crippen molar-refractivity contribution in [1.29, 1.82) is 0 Å². The van der Waals surface area contributed by atoms with Crippen molar-refractivity contribution >= 4 is 35.4 Å². The van der Waals surface area contributed by atoms with Crippen molar-refractivity contribution in [2.45, 2.75) is 104 Å². The fourth-order valence-corrected chi connectivity index (χ4v) is 12.5. The van der Waals surface area contributed by atoms with E-state index >= 15 is 4.79 Å². The number of hydrogen-bond donors (Lipinski definition) is 7. The van der Waals surface area contributed by atoms with Gasteiger partial charge in [-0.1, -0.05) is 90.1 Å². The van der Waals surface area contributed by atoms with Gasteiger partial charge in [-0.3, -0.25) is 24.2 Å². The molecule has 0 radical (unpaired) electrons. The highest BCUT2D eigenvalue weighted by Gasteiger charge is 2.78. The highest BCUT2D eigenvalue weighted by molar-refractivity contribution is 6.02. The van der Waals surface area contributed by atoms with E-state index in [0.29, 0.717) is 17.6 Å². The van der Waals surface area contributed by atoms with E-state index in [-0.39, 0.29) is 43.3 Å². The van der Waals surface area contributed by atoms with E-state index in [1.54, 1.807) is 19.1 Å². The summed E-state index contributed by atoms with van der Waals surface area (Å²) in [6.45, 7) is 12.6. The molecule has 5 aliphatic rings. The number of allylic oxidation sites excluding steroid dienone is 1. The van der Waals surface area contributed by atoms with Gasteiger partial charge in [0.25, 0.3) is 0 Å². The number of aliphatic carboxylic acids is 1. The van der Waals surface area contributed by atoms with E-state index in [4.69, 9.17) is 11.5 Å². The number of guanidine groups is 1. The first-order chi connectivity index (χ1) is 25.9. The summed E-state index contributed by atoms with van der Waals surface area (Å²) in [5, 5.41) is 58.1. The predicted molar refractivity (Wildman–Crippen MR) is 210 cm³/mol. The molecule has 0 bridgehead atoms. The Morgan fingerprint density at radius 2 is 1.64 bits per heavy atom. The maximum absolute atomic E-state index is 15.1. The van der Waals surface area contributed by atoms with Gasteiger partial charge in [0.2, 0.25) is 0 Å². The maximum Gasteiger partial charge on any atom is 0.314 e. The van der Waals surface area contributed by atoms with E-state index < -0.39 is 98.8 Å². The van der Waals surface area contributed by atoms with E-state index in [9.17, 15) is 39.9 Å². The van der Waals surface area contributed by atoms with Crippen molar-refractivity contribution in [3.05, 3.63) is 65.3 Å². The Labute approximate surface area is 328 Å². The quantitative estimate of drug-likeness (QED) is 0.0702. The van der Waals surface area contributed by atoms with Gasteiger partial charge in [0.05, 0.1) is 11.7 Å². The summed E-state index contributed by atoms with van der Waals surface area (Å²) in [5.41, 5.74) is 5.82. The predicted octanol–water partition coefficient (Wildman–Crippen LogP) is 3.60. The molecule has 0 spiro atoms. The largest absolute Gasteiger partial charge is 0.481 e. The fourth-order valence-electron chi connectivity index (χ4n) is 12.5. The summed E-state index contributed by atoms with van der Waals surface area (Å²) in [4.78, 5) is 59.0. The molecule has 9 N–H and O–H groups in total. The third-order valence-electron chi connectivity index (χ3n) is 15.4. The summed E-state index contributed by atoms with van der Waals surface area (Å²) in [6, 6.07) is 9.65. The van der Waals surface area contributed by atoms with Crippen LogP contribution in [0.15, 0.2) is 64.7 Å². The highest BCUT2D eigenvalue weighted by atomic mass is 16.4. The number of carbonyl (C=O) groups excluding carboxylic acids is 3. The van der Waals surface area contributed by atoms with Gasteiger partial charge in [-0.15, -0.1) is 0 Å². The fraction of sp³-hybridized carbons (Fsp3) is 0.614. The lowest BCUT2D eigenvalue weighted by Gasteiger charge is -2.68. The van der Waals surface area contributed by atoms with Crippen LogP contribution in [-0.2, 0) is 19.2 Å². The molecule has 12 nitrogen and oxygen atoms in total. The molecule has 0 aliphatic heterocycles. The molecule has 5 aliphatic carbocycles. The zero-order valence-electron chi connectivity index (χ0n) is 33.5. The van der Waals surface area contributed by atoms with Gasteiger partial charge in [0.1, 0.15) is 23.4 Å². The van der Waals surface area contributed by atoms with Crippen LogP contribution >= 0.6 is 0 Å². The standard InChI is InChI=1S/C44H59N3O9/c1-23(48)19-26(37(53)54)33(51)34(52)27(22-47-38(45)46)24(2)29-20-43(55)17-18-44(56)28(14-13-25-11-9-8-10-12-25)35-39(3,4)31(50)15-16-40(35,5)32-30(49)21-41(29,6)42(43,7)36(32)44/h8-14,17-18,23-24,26-29,34-35,48,52,55-56H,15-16,19-22H2,1-7H3,(H,53,54)(H4,45,46,47)/t23-,24+,26-,27+,28-,29-,34-,35-,40+,41+,42-,43+,44-/m0/s1. The van der Waals surface area contributed by atoms with E-state index in [1.165, 1.54) is 6.92 Å². The van der Waals surface area contributed by atoms with E-state index in [0.717, 1.165) is 5.56 Å². The second-order valence-electron chi connectivity index (χ2n) is 18.7. The zero-order chi connectivity index (χ0) is 41.6. The lowest BCUT2D eigenvalue weighted by molar-refractivity contribution is -0.162. The average molecular weight is 774 g/mol. The number of nitrogens with two attached hydrogens (primary N) is 2. The van der Waals surface area contributed by atoms with Gasteiger partial charge in [0.15, 0.2) is 17.5 Å². The number of aliphatic imine (C=N–C) groups is 1. The van der Waals surface area contributed by atoms with Crippen LogP contribution in [0.4, 0.5) is 0 Å². The Morgan fingerprint density at radius 3 is 2.23 bits per heavy atom. The van der Waals surface area contributed by atoms with Crippen LogP contribution in [0, 0.1) is 57.2 Å². The minimum Gasteiger partial charge on any atom is -0.481 e. The first-order valence-electron chi connectivity index (χ1n) is 19.8. The van der Waals surface area contributed by atoms with Crippen LogP contribution in [-0.4, -0.2) is 84.8 Å². The van der Waals surface area contributed by atoms with Crippen LogP contribution in [0.25, 0.3) is 6.08 Å². The Kier molecular flexibility index (Phi) is 10.3. The van der Waals surface area contributed by atoms with Gasteiger partial charge >= 0.3 is 5.97 Å². The lowest BCUT2D eigenvalue weighted by atomic mass is 9.36. The van der Waals surface area contributed by atoms with Crippen molar-refractivity contribution in [1.82, 2.24) is 0 Å². The molecular formula is C44H59N3O9. The molecule has 304 valence electrons. The summed E-state index contributed by atoms with van der Waals surface area (Å²) in [7, 11) is 0. The first kappa shape index (κ1) is 41.7. The molecule has 0 amide bonds. The van der Waals surface area contributed by atoms with E-state index in [2.05, 4.69) is 4.99 Å². The maximum atomic E-state index is 15.1. The van der Waals surface area contributed by atoms with Crippen molar-refractivity contribution in [3.63, 3.8) is 0 Å². The smallest absolute Gasteiger partial charge is 0.314 e. The number of fused-ring (bicyclic) bond motifs is 2. The number of Topliss-reactive ketones (excluding diaryl/α,β-unsaturated/α-hetero) is 3. The Hall–Kier alpha value is -3.97. The van der Waals surface area contributed by atoms with E-state index in [1.807, 2.05) is 77.1 Å². The number of aliphatic hydroxyl groups is 4. The van der Waals surface area contributed by atoms with Crippen molar-refractivity contribution < 1.29 is 44.7 Å². The Bertz CT molecular complexity index is 1930. The number of nitrogens with zero attached hydrogens (tertiary/aromatic N) is 1. The van der Waals surface area contributed by atoms with Gasteiger partial charge < -0.3 is 37.0 Å². The molecule has 13 atom stereocenters. The average Bonchev–Trinajstić information content (AvgIpc) is 3.30. The SMILES string of the molecule is C[C@H]([C@@H](CN=C(N)N)[C@H](O)C(=O)[C@H](C[C@H](C)O)C(=O)O)[C@@H]1C[C@]2(O)C=C[C@@]3(O)C4=C(C(=O)C[C@@]1(C)[C@]42C)[C@@]1(C)CCC(=O)C(C)(C)[C@@H]1[C@@H]3C=Cc1ccccc1. The minimum absolute atomic E-state index is 0.0242. The van der Waals surface area contributed by atoms with Crippen LogP contribution in [0.3, 0.4) is 0 Å². The monoisotopic (exact) mass is 773 g/mol. The third kappa shape index (κ3) is 5.88. The molecule has 56 heavy (non-hydrogen) atoms. The van der Waals surface area contributed by atoms with Crippen LogP contribution in [0.2, 0.25) is 0 Å². The number of carboxylic acids is 1. The molecule has 1 aromatic rings. The van der Waals surface area contributed by atoms with Crippen molar-refractivity contribution in [3.8, 4) is 0 Å². The Balaban J connectivity index is 1.54. The van der Waals surface area contributed by atoms with Gasteiger partial charge in [-0.05, 0) is 66.6 Å².